The molecule has 2 heterocycles. The predicted octanol–water partition coefficient (Wildman–Crippen LogP) is 0.957. The van der Waals surface area contributed by atoms with Crippen LogP contribution in [-0.2, 0) is 11.3 Å². The molecule has 2 N–H and O–H groups in total. The van der Waals surface area contributed by atoms with E-state index in [0.717, 1.165) is 0 Å². The Balaban J connectivity index is 2.11. The van der Waals surface area contributed by atoms with Gasteiger partial charge in [-0.3, -0.25) is 0 Å². The van der Waals surface area contributed by atoms with Crippen molar-refractivity contribution >= 4 is 18.0 Å². The number of hydrogen-bond donors (Lipinski definition) is 2. The predicted molar refractivity (Wildman–Crippen MR) is 73.2 cm³/mol. The third-order valence-electron chi connectivity index (χ3n) is 2.33. The van der Waals surface area contributed by atoms with Crippen LogP contribution in [0.3, 0.4) is 0 Å². The minimum absolute atomic E-state index is 0.114. The number of rotatable bonds is 3. The van der Waals surface area contributed by atoms with E-state index in [2.05, 4.69) is 25.8 Å². The number of nitrogens with one attached hydrogen (secondary N) is 1. The van der Waals surface area contributed by atoms with Crippen molar-refractivity contribution in [2.45, 2.75) is 32.9 Å². The van der Waals surface area contributed by atoms with E-state index < -0.39 is 11.7 Å². The first kappa shape index (κ1) is 14.7. The van der Waals surface area contributed by atoms with Gasteiger partial charge < -0.3 is 15.3 Å². The first-order valence-corrected chi connectivity index (χ1v) is 6.25. The van der Waals surface area contributed by atoms with Gasteiger partial charge in [0.1, 0.15) is 11.3 Å². The number of carbonyl (C=O) groups excluding carboxylic acids is 1. The molecule has 0 fully saturated rings. The lowest BCUT2D eigenvalue weighted by molar-refractivity contribution is 0.0522. The van der Waals surface area contributed by atoms with Gasteiger partial charge in [0.25, 0.3) is 0 Å². The number of carbonyl (C=O) groups is 1. The molecule has 21 heavy (non-hydrogen) atoms. The summed E-state index contributed by atoms with van der Waals surface area (Å²) in [4.78, 5) is 11.6. The van der Waals surface area contributed by atoms with Crippen molar-refractivity contribution in [2.75, 3.05) is 0 Å². The quantitative estimate of drug-likeness (QED) is 0.494. The highest BCUT2D eigenvalue weighted by atomic mass is 16.6. The van der Waals surface area contributed by atoms with Crippen LogP contribution in [0.25, 0.3) is 5.65 Å². The summed E-state index contributed by atoms with van der Waals surface area (Å²) in [7, 11) is 0. The zero-order valence-electron chi connectivity index (χ0n) is 11.9. The summed E-state index contributed by atoms with van der Waals surface area (Å²) < 4.78 is 6.58. The maximum absolute atomic E-state index is 11.6. The molecule has 0 radical (unpaired) electrons. The summed E-state index contributed by atoms with van der Waals surface area (Å²) in [6.45, 7) is 5.45. The fourth-order valence-corrected chi connectivity index (χ4v) is 1.55. The highest BCUT2D eigenvalue weighted by molar-refractivity contribution is 5.76. The van der Waals surface area contributed by atoms with E-state index in [1.165, 1.54) is 10.7 Å². The van der Waals surface area contributed by atoms with Crippen molar-refractivity contribution in [3.63, 3.8) is 0 Å². The molecule has 0 aliphatic heterocycles. The second kappa shape index (κ2) is 5.73. The van der Waals surface area contributed by atoms with E-state index in [9.17, 15) is 4.79 Å². The first-order chi connectivity index (χ1) is 9.89. The Morgan fingerprint density at radius 1 is 1.48 bits per heavy atom. The van der Waals surface area contributed by atoms with Crippen LogP contribution in [0.5, 0.6) is 0 Å². The van der Waals surface area contributed by atoms with E-state index in [1.54, 1.807) is 32.9 Å². The Morgan fingerprint density at radius 3 is 2.90 bits per heavy atom. The second-order valence-corrected chi connectivity index (χ2v) is 5.24. The molecule has 0 aromatic carbocycles. The number of nitrogens with zero attached hydrogens (tertiary/aromatic N) is 5. The molecule has 0 spiro atoms. The van der Waals surface area contributed by atoms with Gasteiger partial charge in [0.15, 0.2) is 11.5 Å². The molecule has 0 saturated heterocycles. The number of ether oxygens (including phenoxy) is 1. The van der Waals surface area contributed by atoms with E-state index in [1.807, 2.05) is 0 Å². The lowest BCUT2D eigenvalue weighted by atomic mass is 10.2. The van der Waals surface area contributed by atoms with Crippen LogP contribution in [0.15, 0.2) is 17.3 Å². The van der Waals surface area contributed by atoms with E-state index in [0.29, 0.717) is 17.2 Å². The molecule has 2 aromatic rings. The largest absolute Gasteiger partial charge is 0.444 e. The smallest absolute Gasteiger partial charge is 0.408 e. The summed E-state index contributed by atoms with van der Waals surface area (Å²) in [5.41, 5.74) is 0.384. The molecule has 9 heteroatoms. The second-order valence-electron chi connectivity index (χ2n) is 5.24. The lowest BCUT2D eigenvalue weighted by Gasteiger charge is -2.19. The number of hydrogen-bond acceptors (Lipinski definition) is 7. The van der Waals surface area contributed by atoms with Gasteiger partial charge in [-0.1, -0.05) is 5.16 Å². The third-order valence-corrected chi connectivity index (χ3v) is 2.33. The van der Waals surface area contributed by atoms with E-state index >= 15 is 0 Å². The molecule has 0 atom stereocenters. The molecule has 2 aromatic heterocycles. The van der Waals surface area contributed by atoms with Gasteiger partial charge >= 0.3 is 6.09 Å². The van der Waals surface area contributed by atoms with Crippen LogP contribution >= 0.6 is 0 Å². The van der Waals surface area contributed by atoms with Crippen molar-refractivity contribution in [3.05, 3.63) is 23.7 Å². The minimum atomic E-state index is -0.569. The van der Waals surface area contributed by atoms with Crippen LogP contribution in [-0.4, -0.2) is 42.9 Å². The molecule has 9 nitrogen and oxygen atoms in total. The van der Waals surface area contributed by atoms with Crippen LogP contribution in [0, 0.1) is 0 Å². The Bertz CT molecular complexity index is 673. The highest BCUT2D eigenvalue weighted by Crippen LogP contribution is 2.07. The number of fused-ring (bicyclic) bond motifs is 1. The van der Waals surface area contributed by atoms with Crippen molar-refractivity contribution in [1.82, 2.24) is 25.1 Å². The molecule has 112 valence electrons. The molecule has 1 amide bonds. The molecule has 0 bridgehead atoms. The van der Waals surface area contributed by atoms with Gasteiger partial charge in [0, 0.05) is 0 Å². The molecule has 2 rings (SSSR count). The fourth-order valence-electron chi connectivity index (χ4n) is 1.55. The molecule has 0 unspecified atom stereocenters. The normalized spacial score (nSPS) is 12.0. The van der Waals surface area contributed by atoms with Gasteiger partial charge in [-0.25, -0.2) is 4.79 Å². The average Bonchev–Trinajstić information content (AvgIpc) is 2.77. The van der Waals surface area contributed by atoms with Crippen LogP contribution in [0.1, 0.15) is 32.3 Å². The number of aromatic nitrogens is 4. The molecule has 0 saturated carbocycles. The highest BCUT2D eigenvalue weighted by Gasteiger charge is 2.16. The van der Waals surface area contributed by atoms with Gasteiger partial charge in [-0.05, 0) is 32.9 Å². The monoisotopic (exact) mass is 292 g/mol. The summed E-state index contributed by atoms with van der Waals surface area (Å²) in [6, 6.07) is 3.31. The van der Waals surface area contributed by atoms with Crippen LogP contribution < -0.4 is 5.32 Å². The van der Waals surface area contributed by atoms with Crippen molar-refractivity contribution in [2.24, 2.45) is 5.16 Å². The Morgan fingerprint density at radius 2 is 2.24 bits per heavy atom. The summed E-state index contributed by atoms with van der Waals surface area (Å²) in [5, 5.41) is 26.0. The minimum Gasteiger partial charge on any atom is -0.444 e. The topological polar surface area (TPSA) is 114 Å². The standard InChI is InChI=1S/C12H16N6O3/c1-12(2,3)21-11(19)13-7-10-16-15-9-5-4-8(6-14-20)17-18(9)10/h4-6,20H,7H2,1-3H3,(H,13,19)/b14-6-. The maximum atomic E-state index is 11.6. The maximum Gasteiger partial charge on any atom is 0.408 e. The van der Waals surface area contributed by atoms with Crippen molar-refractivity contribution < 1.29 is 14.7 Å². The van der Waals surface area contributed by atoms with Gasteiger partial charge in [-0.15, -0.1) is 10.2 Å². The summed E-state index contributed by atoms with van der Waals surface area (Å²) in [5.74, 6) is 0.434. The van der Waals surface area contributed by atoms with E-state index in [-0.39, 0.29) is 6.54 Å². The van der Waals surface area contributed by atoms with Crippen molar-refractivity contribution in [1.29, 1.82) is 0 Å². The number of alkyl carbamates (subject to hydrolysis) is 1. The van der Waals surface area contributed by atoms with E-state index in [4.69, 9.17) is 9.94 Å². The molecule has 0 aliphatic carbocycles. The third kappa shape index (κ3) is 3.88. The Labute approximate surface area is 120 Å². The lowest BCUT2D eigenvalue weighted by Crippen LogP contribution is -2.32. The SMILES string of the molecule is CC(C)(C)OC(=O)NCc1nnc2ccc(/C=N\O)nn12. The molecule has 0 aliphatic rings. The molecular formula is C12H16N6O3. The summed E-state index contributed by atoms with van der Waals surface area (Å²) in [6.07, 6.45) is 0.636. The zero-order valence-corrected chi connectivity index (χ0v) is 11.9. The van der Waals surface area contributed by atoms with Gasteiger partial charge in [0.05, 0.1) is 12.8 Å². The zero-order chi connectivity index (χ0) is 15.5. The average molecular weight is 292 g/mol. The molecular weight excluding hydrogens is 276 g/mol. The fraction of sp³-hybridized carbons (Fsp3) is 0.417. The Hall–Kier alpha value is -2.71. The van der Waals surface area contributed by atoms with Crippen LogP contribution in [0.2, 0.25) is 0 Å². The van der Waals surface area contributed by atoms with Crippen molar-refractivity contribution in [3.8, 4) is 0 Å². The summed E-state index contributed by atoms with van der Waals surface area (Å²) >= 11 is 0. The first-order valence-electron chi connectivity index (χ1n) is 6.25. The van der Waals surface area contributed by atoms with Gasteiger partial charge in [-0.2, -0.15) is 9.61 Å². The number of oxime groups is 1. The van der Waals surface area contributed by atoms with Gasteiger partial charge in [0.2, 0.25) is 0 Å². The Kier molecular flexibility index (Phi) is 4.01. The number of amides is 1. The van der Waals surface area contributed by atoms with Crippen LogP contribution in [0.4, 0.5) is 4.79 Å².